The number of thioether (sulfide) groups is 1. The van der Waals surface area contributed by atoms with Gasteiger partial charge in [-0.3, -0.25) is 5.41 Å². The van der Waals surface area contributed by atoms with E-state index in [2.05, 4.69) is 0 Å². The number of hydrogen-bond acceptors (Lipinski definition) is 3. The normalized spacial score (nSPS) is 30.1. The molecule has 0 aliphatic heterocycles. The average Bonchev–Trinajstić information content (AvgIpc) is 2.03. The van der Waals surface area contributed by atoms with Crippen molar-refractivity contribution in [2.45, 2.75) is 31.8 Å². The molecule has 4 N–H and O–H groups in total. The maximum Gasteiger partial charge on any atom is 0.151 e. The van der Waals surface area contributed by atoms with Crippen molar-refractivity contribution < 1.29 is 5.11 Å². The Balaban J connectivity index is 2.13. The van der Waals surface area contributed by atoms with Crippen LogP contribution in [0.1, 0.15) is 25.7 Å². The molecule has 1 aliphatic carbocycles. The SMILES string of the molecule is N=C(N)SCC1CCC(O)CC1. The molecule has 0 spiro atoms. The van der Waals surface area contributed by atoms with E-state index in [4.69, 9.17) is 11.1 Å². The fourth-order valence-electron chi connectivity index (χ4n) is 1.52. The van der Waals surface area contributed by atoms with Crippen molar-refractivity contribution in [3.8, 4) is 0 Å². The summed E-state index contributed by atoms with van der Waals surface area (Å²) < 4.78 is 0. The predicted octanol–water partition coefficient (Wildman–Crippen LogP) is 1.16. The van der Waals surface area contributed by atoms with E-state index in [1.807, 2.05) is 0 Å². The van der Waals surface area contributed by atoms with E-state index in [1.54, 1.807) is 0 Å². The van der Waals surface area contributed by atoms with Gasteiger partial charge in [0.15, 0.2) is 5.17 Å². The molecular weight excluding hydrogens is 172 g/mol. The second kappa shape index (κ2) is 4.72. The zero-order chi connectivity index (χ0) is 8.97. The van der Waals surface area contributed by atoms with Crippen LogP contribution >= 0.6 is 11.8 Å². The van der Waals surface area contributed by atoms with Crippen molar-refractivity contribution in [1.82, 2.24) is 0 Å². The number of aliphatic hydroxyl groups excluding tert-OH is 1. The molecule has 3 nitrogen and oxygen atoms in total. The van der Waals surface area contributed by atoms with Crippen LogP contribution in [0.2, 0.25) is 0 Å². The van der Waals surface area contributed by atoms with Crippen LogP contribution in [0.25, 0.3) is 0 Å². The van der Waals surface area contributed by atoms with Crippen LogP contribution < -0.4 is 5.73 Å². The maximum absolute atomic E-state index is 9.23. The van der Waals surface area contributed by atoms with Crippen LogP contribution in [0.15, 0.2) is 0 Å². The first kappa shape index (κ1) is 9.86. The molecule has 0 saturated heterocycles. The summed E-state index contributed by atoms with van der Waals surface area (Å²) >= 11 is 1.42. The molecule has 0 atom stereocenters. The van der Waals surface area contributed by atoms with Gasteiger partial charge in [-0.05, 0) is 31.6 Å². The van der Waals surface area contributed by atoms with Crippen LogP contribution in [0.3, 0.4) is 0 Å². The van der Waals surface area contributed by atoms with Gasteiger partial charge in [-0.1, -0.05) is 11.8 Å². The number of nitrogens with two attached hydrogens (primary N) is 1. The van der Waals surface area contributed by atoms with Crippen molar-refractivity contribution >= 4 is 16.9 Å². The molecule has 0 bridgehead atoms. The molecule has 1 aliphatic rings. The van der Waals surface area contributed by atoms with E-state index >= 15 is 0 Å². The zero-order valence-electron chi connectivity index (χ0n) is 7.12. The molecule has 0 aromatic heterocycles. The number of nitrogens with one attached hydrogen (secondary N) is 1. The number of aliphatic hydroxyl groups is 1. The van der Waals surface area contributed by atoms with Gasteiger partial charge in [-0.2, -0.15) is 0 Å². The third-order valence-electron chi connectivity index (χ3n) is 2.29. The molecule has 0 heterocycles. The summed E-state index contributed by atoms with van der Waals surface area (Å²) in [6, 6.07) is 0. The average molecular weight is 188 g/mol. The molecule has 70 valence electrons. The fourth-order valence-corrected chi connectivity index (χ4v) is 2.27. The quantitative estimate of drug-likeness (QED) is 0.450. The highest BCUT2D eigenvalue weighted by atomic mass is 32.2. The molecule has 1 fully saturated rings. The van der Waals surface area contributed by atoms with Gasteiger partial charge in [0.1, 0.15) is 0 Å². The van der Waals surface area contributed by atoms with Crippen LogP contribution in [0.5, 0.6) is 0 Å². The Kier molecular flexibility index (Phi) is 3.88. The molecule has 1 saturated carbocycles. The van der Waals surface area contributed by atoms with Crippen LogP contribution in [-0.4, -0.2) is 22.1 Å². The summed E-state index contributed by atoms with van der Waals surface area (Å²) in [6.45, 7) is 0. The van der Waals surface area contributed by atoms with Gasteiger partial charge < -0.3 is 10.8 Å². The highest BCUT2D eigenvalue weighted by Gasteiger charge is 2.19. The summed E-state index contributed by atoms with van der Waals surface area (Å²) in [5.74, 6) is 1.60. The number of amidine groups is 1. The van der Waals surface area contributed by atoms with Gasteiger partial charge in [0, 0.05) is 5.75 Å². The molecule has 12 heavy (non-hydrogen) atoms. The topological polar surface area (TPSA) is 70.1 Å². The summed E-state index contributed by atoms with van der Waals surface area (Å²) in [5, 5.41) is 16.5. The highest BCUT2D eigenvalue weighted by Crippen LogP contribution is 2.26. The number of hydrogen-bond donors (Lipinski definition) is 3. The lowest BCUT2D eigenvalue weighted by atomic mass is 9.89. The number of rotatable bonds is 2. The van der Waals surface area contributed by atoms with Gasteiger partial charge in [-0.15, -0.1) is 0 Å². The van der Waals surface area contributed by atoms with E-state index < -0.39 is 0 Å². The first-order valence-corrected chi connectivity index (χ1v) is 5.32. The Morgan fingerprint density at radius 1 is 1.42 bits per heavy atom. The molecule has 0 aromatic carbocycles. The predicted molar refractivity (Wildman–Crippen MR) is 52.3 cm³/mol. The lowest BCUT2D eigenvalue weighted by molar-refractivity contribution is 0.113. The Hall–Kier alpha value is -0.220. The Labute approximate surface area is 77.2 Å². The van der Waals surface area contributed by atoms with E-state index in [1.165, 1.54) is 11.8 Å². The lowest BCUT2D eigenvalue weighted by Gasteiger charge is -2.24. The van der Waals surface area contributed by atoms with E-state index in [0.717, 1.165) is 31.4 Å². The summed E-state index contributed by atoms with van der Waals surface area (Å²) in [7, 11) is 0. The summed E-state index contributed by atoms with van der Waals surface area (Å²) in [5.41, 5.74) is 5.23. The third kappa shape index (κ3) is 3.45. The Morgan fingerprint density at radius 2 is 2.00 bits per heavy atom. The van der Waals surface area contributed by atoms with Gasteiger partial charge in [0.25, 0.3) is 0 Å². The van der Waals surface area contributed by atoms with Gasteiger partial charge in [-0.25, -0.2) is 0 Å². The van der Waals surface area contributed by atoms with Gasteiger partial charge in [0.2, 0.25) is 0 Å². The van der Waals surface area contributed by atoms with E-state index in [-0.39, 0.29) is 11.3 Å². The Morgan fingerprint density at radius 3 is 2.50 bits per heavy atom. The minimum absolute atomic E-state index is 0.0800. The van der Waals surface area contributed by atoms with E-state index in [9.17, 15) is 5.11 Å². The molecule has 0 unspecified atom stereocenters. The first-order valence-electron chi connectivity index (χ1n) is 4.33. The highest BCUT2D eigenvalue weighted by molar-refractivity contribution is 8.13. The third-order valence-corrected chi connectivity index (χ3v) is 3.24. The molecule has 0 radical (unpaired) electrons. The summed E-state index contributed by atoms with van der Waals surface area (Å²) in [6.07, 6.45) is 3.93. The second-order valence-corrected chi connectivity index (χ2v) is 4.41. The van der Waals surface area contributed by atoms with Crippen LogP contribution in [0.4, 0.5) is 0 Å². The lowest BCUT2D eigenvalue weighted by Crippen LogP contribution is -2.20. The molecule has 1 rings (SSSR count). The minimum Gasteiger partial charge on any atom is -0.393 e. The fraction of sp³-hybridized carbons (Fsp3) is 0.875. The molecule has 0 amide bonds. The van der Waals surface area contributed by atoms with Crippen molar-refractivity contribution in [3.63, 3.8) is 0 Å². The largest absolute Gasteiger partial charge is 0.393 e. The second-order valence-electron chi connectivity index (χ2n) is 3.35. The smallest absolute Gasteiger partial charge is 0.151 e. The van der Waals surface area contributed by atoms with E-state index in [0.29, 0.717) is 5.92 Å². The van der Waals surface area contributed by atoms with Crippen LogP contribution in [-0.2, 0) is 0 Å². The monoisotopic (exact) mass is 188 g/mol. The van der Waals surface area contributed by atoms with Crippen molar-refractivity contribution in [2.24, 2.45) is 11.7 Å². The molecular formula is C8H16N2OS. The minimum atomic E-state index is -0.0800. The molecule has 4 heteroatoms. The van der Waals surface area contributed by atoms with Crippen molar-refractivity contribution in [3.05, 3.63) is 0 Å². The standard InChI is InChI=1S/C8H16N2OS/c9-8(10)12-5-6-1-3-7(11)4-2-6/h6-7,11H,1-5H2,(H3,9,10). The van der Waals surface area contributed by atoms with Gasteiger partial charge in [0.05, 0.1) is 6.10 Å². The molecule has 0 aromatic rings. The first-order chi connectivity index (χ1) is 5.68. The van der Waals surface area contributed by atoms with Gasteiger partial charge >= 0.3 is 0 Å². The van der Waals surface area contributed by atoms with Crippen molar-refractivity contribution in [2.75, 3.05) is 5.75 Å². The van der Waals surface area contributed by atoms with Crippen LogP contribution in [0, 0.1) is 11.3 Å². The Bertz CT molecular complexity index is 155. The maximum atomic E-state index is 9.23. The zero-order valence-corrected chi connectivity index (χ0v) is 7.94. The summed E-state index contributed by atoms with van der Waals surface area (Å²) in [4.78, 5) is 0. The van der Waals surface area contributed by atoms with Crippen molar-refractivity contribution in [1.29, 1.82) is 5.41 Å².